The van der Waals surface area contributed by atoms with Crippen LogP contribution in [-0.4, -0.2) is 53.1 Å². The molecule has 1 N–H and O–H groups in total. The van der Waals surface area contributed by atoms with Crippen molar-refractivity contribution in [1.29, 1.82) is 0 Å². The second-order valence-corrected chi connectivity index (χ2v) is 6.62. The second kappa shape index (κ2) is 7.57. The predicted molar refractivity (Wildman–Crippen MR) is 97.3 cm³/mol. The van der Waals surface area contributed by atoms with Crippen molar-refractivity contribution in [3.05, 3.63) is 41.9 Å². The lowest BCUT2D eigenvalue weighted by Gasteiger charge is -2.33. The first-order chi connectivity index (χ1) is 11.6. The monoisotopic (exact) mass is 326 g/mol. The van der Waals surface area contributed by atoms with Crippen molar-refractivity contribution in [1.82, 2.24) is 19.9 Å². The maximum atomic E-state index is 4.62. The maximum absolute atomic E-state index is 4.62. The van der Waals surface area contributed by atoms with Gasteiger partial charge in [-0.05, 0) is 44.5 Å². The van der Waals surface area contributed by atoms with E-state index in [0.29, 0.717) is 12.0 Å². The summed E-state index contributed by atoms with van der Waals surface area (Å²) in [7, 11) is 3.98. The quantitative estimate of drug-likeness (QED) is 0.910. The van der Waals surface area contributed by atoms with Crippen LogP contribution in [0.25, 0.3) is 0 Å². The average molecular weight is 326 g/mol. The number of nitrogens with zero attached hydrogens (tertiary/aromatic N) is 5. The third-order valence-electron chi connectivity index (χ3n) is 4.27. The molecule has 6 heteroatoms. The number of anilines is 2. The largest absolute Gasteiger partial charge is 0.363 e. The maximum Gasteiger partial charge on any atom is 0.224 e. The van der Waals surface area contributed by atoms with Gasteiger partial charge in [0, 0.05) is 45.1 Å². The molecule has 0 aliphatic carbocycles. The van der Waals surface area contributed by atoms with E-state index >= 15 is 0 Å². The molecule has 0 saturated carbocycles. The highest BCUT2D eigenvalue weighted by atomic mass is 15.2. The number of rotatable bonds is 5. The summed E-state index contributed by atoms with van der Waals surface area (Å²) in [5.41, 5.74) is 2.22. The van der Waals surface area contributed by atoms with Crippen molar-refractivity contribution in [2.75, 3.05) is 37.4 Å². The Balaban J connectivity index is 1.60. The van der Waals surface area contributed by atoms with E-state index in [-0.39, 0.29) is 0 Å². The van der Waals surface area contributed by atoms with Crippen molar-refractivity contribution in [2.24, 2.45) is 0 Å². The summed E-state index contributed by atoms with van der Waals surface area (Å²) in [6.07, 6.45) is 4.13. The first-order valence-electron chi connectivity index (χ1n) is 8.52. The van der Waals surface area contributed by atoms with Gasteiger partial charge in [0.2, 0.25) is 5.95 Å². The van der Waals surface area contributed by atoms with Crippen LogP contribution in [0.1, 0.15) is 24.2 Å². The highest BCUT2D eigenvalue weighted by molar-refractivity contribution is 5.41. The van der Waals surface area contributed by atoms with Gasteiger partial charge < -0.3 is 10.2 Å². The lowest BCUT2D eigenvalue weighted by atomic mass is 10.1. The van der Waals surface area contributed by atoms with Crippen LogP contribution in [0.4, 0.5) is 11.8 Å². The van der Waals surface area contributed by atoms with Crippen LogP contribution in [-0.2, 0) is 6.54 Å². The fraction of sp³-hybridized carbons (Fsp3) is 0.500. The molecule has 24 heavy (non-hydrogen) atoms. The number of hydrogen-bond acceptors (Lipinski definition) is 6. The number of aryl methyl sites for hydroxylation is 1. The van der Waals surface area contributed by atoms with Gasteiger partial charge in [-0.15, -0.1) is 0 Å². The average Bonchev–Trinajstić information content (AvgIpc) is 2.55. The number of nitrogens with one attached hydrogen (secondary N) is 1. The summed E-state index contributed by atoms with van der Waals surface area (Å²) in [4.78, 5) is 18.0. The van der Waals surface area contributed by atoms with Crippen LogP contribution in [0.2, 0.25) is 0 Å². The van der Waals surface area contributed by atoms with Crippen molar-refractivity contribution >= 4 is 11.8 Å². The molecule has 2 aromatic heterocycles. The molecule has 1 fully saturated rings. The first kappa shape index (κ1) is 16.6. The molecule has 2 aromatic rings. The van der Waals surface area contributed by atoms with Crippen LogP contribution >= 0.6 is 0 Å². The normalized spacial score (nSPS) is 18.4. The molecule has 0 aromatic carbocycles. The van der Waals surface area contributed by atoms with Crippen molar-refractivity contribution < 1.29 is 0 Å². The number of likely N-dealkylation sites (tertiary alicyclic amines) is 1. The van der Waals surface area contributed by atoms with Crippen LogP contribution in [0, 0.1) is 6.92 Å². The van der Waals surface area contributed by atoms with Crippen molar-refractivity contribution in [3.63, 3.8) is 0 Å². The minimum absolute atomic E-state index is 0.376. The molecular formula is C18H26N6. The fourth-order valence-corrected chi connectivity index (χ4v) is 3.08. The number of hydrogen-bond donors (Lipinski definition) is 1. The van der Waals surface area contributed by atoms with E-state index in [0.717, 1.165) is 43.3 Å². The smallest absolute Gasteiger partial charge is 0.224 e. The predicted octanol–water partition coefficient (Wildman–Crippen LogP) is 2.32. The van der Waals surface area contributed by atoms with Crippen LogP contribution in [0.3, 0.4) is 0 Å². The van der Waals surface area contributed by atoms with Crippen LogP contribution in [0.5, 0.6) is 0 Å². The van der Waals surface area contributed by atoms with Gasteiger partial charge in [0.05, 0.1) is 5.69 Å². The molecule has 128 valence electrons. The zero-order chi connectivity index (χ0) is 16.9. The molecule has 0 radical (unpaired) electrons. The van der Waals surface area contributed by atoms with Gasteiger partial charge in [0.1, 0.15) is 5.82 Å². The van der Waals surface area contributed by atoms with Crippen molar-refractivity contribution in [3.8, 4) is 0 Å². The zero-order valence-corrected chi connectivity index (χ0v) is 14.7. The Morgan fingerprint density at radius 3 is 2.92 bits per heavy atom. The van der Waals surface area contributed by atoms with E-state index in [1.54, 1.807) is 0 Å². The Morgan fingerprint density at radius 1 is 1.25 bits per heavy atom. The van der Waals surface area contributed by atoms with Gasteiger partial charge in [0.25, 0.3) is 0 Å². The molecule has 0 amide bonds. The van der Waals surface area contributed by atoms with E-state index in [4.69, 9.17) is 0 Å². The summed E-state index contributed by atoms with van der Waals surface area (Å²) in [5, 5.41) is 3.49. The molecule has 0 spiro atoms. The van der Waals surface area contributed by atoms with Gasteiger partial charge in [0.15, 0.2) is 0 Å². The van der Waals surface area contributed by atoms with Crippen molar-refractivity contribution in [2.45, 2.75) is 32.4 Å². The summed E-state index contributed by atoms with van der Waals surface area (Å²) in [5.74, 6) is 1.63. The summed E-state index contributed by atoms with van der Waals surface area (Å²) >= 11 is 0. The highest BCUT2D eigenvalue weighted by Crippen LogP contribution is 2.17. The molecular weight excluding hydrogens is 300 g/mol. The van der Waals surface area contributed by atoms with E-state index < -0.39 is 0 Å². The van der Waals surface area contributed by atoms with E-state index in [9.17, 15) is 0 Å². The van der Waals surface area contributed by atoms with Gasteiger partial charge in [-0.2, -0.15) is 4.98 Å². The van der Waals surface area contributed by atoms with E-state index in [1.165, 1.54) is 6.42 Å². The third kappa shape index (κ3) is 4.41. The Bertz CT molecular complexity index is 672. The molecule has 0 bridgehead atoms. The lowest BCUT2D eigenvalue weighted by Crippen LogP contribution is -2.42. The number of pyridine rings is 1. The Hall–Kier alpha value is -2.21. The second-order valence-electron chi connectivity index (χ2n) is 6.62. The molecule has 1 aliphatic rings. The summed E-state index contributed by atoms with van der Waals surface area (Å²) < 4.78 is 0. The summed E-state index contributed by atoms with van der Waals surface area (Å²) in [6.45, 7) is 5.05. The third-order valence-corrected chi connectivity index (χ3v) is 4.27. The zero-order valence-electron chi connectivity index (χ0n) is 14.7. The van der Waals surface area contributed by atoms with Gasteiger partial charge in [-0.1, -0.05) is 6.07 Å². The topological polar surface area (TPSA) is 57.2 Å². The van der Waals surface area contributed by atoms with Crippen LogP contribution < -0.4 is 10.2 Å². The summed E-state index contributed by atoms with van der Waals surface area (Å²) in [6, 6.07) is 8.52. The molecule has 6 nitrogen and oxygen atoms in total. The molecule has 1 atom stereocenters. The molecule has 1 unspecified atom stereocenters. The molecule has 3 rings (SSSR count). The van der Waals surface area contributed by atoms with Gasteiger partial charge in [-0.25, -0.2) is 4.98 Å². The minimum Gasteiger partial charge on any atom is -0.363 e. The van der Waals surface area contributed by atoms with Gasteiger partial charge in [-0.3, -0.25) is 9.88 Å². The van der Waals surface area contributed by atoms with E-state index in [1.807, 2.05) is 44.2 Å². The highest BCUT2D eigenvalue weighted by Gasteiger charge is 2.21. The fourth-order valence-electron chi connectivity index (χ4n) is 3.08. The minimum atomic E-state index is 0.376. The number of piperidine rings is 1. The Kier molecular flexibility index (Phi) is 5.25. The van der Waals surface area contributed by atoms with Crippen LogP contribution in [0.15, 0.2) is 30.5 Å². The molecule has 1 aliphatic heterocycles. The lowest BCUT2D eigenvalue weighted by molar-refractivity contribution is 0.206. The first-order valence-corrected chi connectivity index (χ1v) is 8.52. The van der Waals surface area contributed by atoms with E-state index in [2.05, 4.69) is 37.3 Å². The molecule has 3 heterocycles. The SMILES string of the molecule is Cc1cccc(CN2CCCC(Nc3nccc(N(C)C)n3)C2)n1. The Morgan fingerprint density at radius 2 is 2.12 bits per heavy atom. The Labute approximate surface area is 143 Å². The van der Waals surface area contributed by atoms with Gasteiger partial charge >= 0.3 is 0 Å². The standard InChI is InChI=1S/C18H26N6/c1-14-6-4-7-15(20-14)12-24-11-5-8-16(13-24)21-18-19-10-9-17(22-18)23(2)3/h4,6-7,9-10,16H,5,8,11-13H2,1-3H3,(H,19,21,22). The molecule has 1 saturated heterocycles. The number of aromatic nitrogens is 3.